The highest BCUT2D eigenvalue weighted by Gasteiger charge is 2.10. The molecule has 0 aliphatic heterocycles. The van der Waals surface area contributed by atoms with E-state index in [1.165, 1.54) is 12.1 Å². The minimum Gasteiger partial charge on any atom is -0.461 e. The molecule has 0 saturated carbocycles. The van der Waals surface area contributed by atoms with Crippen LogP contribution in [0, 0.1) is 0 Å². The Kier molecular flexibility index (Phi) is 5.23. The SMILES string of the molecule is CS(=O)(=O)c1cccc(NC(=O)CCc2ccc(-c3ccccc3)o2)c1. The quantitative estimate of drug-likeness (QED) is 0.714. The topological polar surface area (TPSA) is 76.4 Å². The number of amides is 1. The van der Waals surface area contributed by atoms with Gasteiger partial charge in [-0.25, -0.2) is 8.42 Å². The smallest absolute Gasteiger partial charge is 0.224 e. The molecule has 0 radical (unpaired) electrons. The minimum absolute atomic E-state index is 0.175. The maximum atomic E-state index is 12.1. The van der Waals surface area contributed by atoms with Gasteiger partial charge < -0.3 is 9.73 Å². The number of carbonyl (C=O) groups is 1. The third-order valence-electron chi connectivity index (χ3n) is 3.86. The van der Waals surface area contributed by atoms with Crippen LogP contribution in [-0.4, -0.2) is 20.6 Å². The summed E-state index contributed by atoms with van der Waals surface area (Å²) in [5.74, 6) is 1.29. The van der Waals surface area contributed by atoms with Gasteiger partial charge in [0.05, 0.1) is 4.90 Å². The van der Waals surface area contributed by atoms with Gasteiger partial charge in [-0.2, -0.15) is 0 Å². The normalized spacial score (nSPS) is 11.3. The van der Waals surface area contributed by atoms with Gasteiger partial charge in [0.15, 0.2) is 9.84 Å². The summed E-state index contributed by atoms with van der Waals surface area (Å²) in [4.78, 5) is 12.3. The number of aryl methyl sites for hydroxylation is 1. The maximum Gasteiger partial charge on any atom is 0.224 e. The first kappa shape index (κ1) is 17.9. The van der Waals surface area contributed by atoms with Crippen molar-refractivity contribution in [1.82, 2.24) is 0 Å². The van der Waals surface area contributed by atoms with Crippen LogP contribution in [0.4, 0.5) is 5.69 Å². The standard InChI is InChI=1S/C20H19NO4S/c1-26(23,24)18-9-5-8-16(14-18)21-20(22)13-11-17-10-12-19(25-17)15-6-3-2-4-7-15/h2-10,12,14H,11,13H2,1H3,(H,21,22). The number of anilines is 1. The van der Waals surface area contributed by atoms with E-state index >= 15 is 0 Å². The van der Waals surface area contributed by atoms with Crippen LogP contribution in [0.1, 0.15) is 12.2 Å². The van der Waals surface area contributed by atoms with E-state index in [0.717, 1.165) is 23.3 Å². The third-order valence-corrected chi connectivity index (χ3v) is 4.97. The largest absolute Gasteiger partial charge is 0.461 e. The predicted molar refractivity (Wildman–Crippen MR) is 101 cm³/mol. The van der Waals surface area contributed by atoms with Crippen molar-refractivity contribution >= 4 is 21.4 Å². The number of carbonyl (C=O) groups excluding carboxylic acids is 1. The van der Waals surface area contributed by atoms with Gasteiger partial charge in [0.1, 0.15) is 11.5 Å². The molecule has 3 rings (SSSR count). The second-order valence-electron chi connectivity index (χ2n) is 5.98. The first-order valence-electron chi connectivity index (χ1n) is 8.16. The lowest BCUT2D eigenvalue weighted by molar-refractivity contribution is -0.116. The molecule has 0 bridgehead atoms. The molecule has 5 nitrogen and oxygen atoms in total. The molecule has 0 unspecified atom stereocenters. The van der Waals surface area contributed by atoms with Crippen LogP contribution in [0.3, 0.4) is 0 Å². The Balaban J connectivity index is 1.59. The van der Waals surface area contributed by atoms with E-state index in [0.29, 0.717) is 12.1 Å². The monoisotopic (exact) mass is 369 g/mol. The zero-order chi connectivity index (χ0) is 18.6. The fraction of sp³-hybridized carbons (Fsp3) is 0.150. The second-order valence-corrected chi connectivity index (χ2v) is 8.00. The van der Waals surface area contributed by atoms with E-state index in [1.807, 2.05) is 42.5 Å². The predicted octanol–water partition coefficient (Wildman–Crippen LogP) is 3.92. The molecule has 2 aromatic carbocycles. The fourth-order valence-corrected chi connectivity index (χ4v) is 3.20. The minimum atomic E-state index is -3.31. The summed E-state index contributed by atoms with van der Waals surface area (Å²) >= 11 is 0. The van der Waals surface area contributed by atoms with Crippen molar-refractivity contribution in [2.75, 3.05) is 11.6 Å². The Morgan fingerprint density at radius 2 is 1.77 bits per heavy atom. The van der Waals surface area contributed by atoms with Crippen LogP contribution in [0.5, 0.6) is 0 Å². The van der Waals surface area contributed by atoms with Crippen molar-refractivity contribution < 1.29 is 17.6 Å². The zero-order valence-electron chi connectivity index (χ0n) is 14.3. The van der Waals surface area contributed by atoms with Crippen molar-refractivity contribution in [1.29, 1.82) is 0 Å². The number of benzene rings is 2. The van der Waals surface area contributed by atoms with Gasteiger partial charge in [-0.05, 0) is 30.3 Å². The lowest BCUT2D eigenvalue weighted by atomic mass is 10.2. The maximum absolute atomic E-state index is 12.1. The molecular weight excluding hydrogens is 350 g/mol. The van der Waals surface area contributed by atoms with Crippen LogP contribution < -0.4 is 5.32 Å². The van der Waals surface area contributed by atoms with Gasteiger partial charge in [-0.15, -0.1) is 0 Å². The second kappa shape index (κ2) is 7.58. The van der Waals surface area contributed by atoms with Gasteiger partial charge in [0, 0.05) is 30.3 Å². The summed E-state index contributed by atoms with van der Waals surface area (Å²) in [6, 6.07) is 19.7. The summed E-state index contributed by atoms with van der Waals surface area (Å²) in [5.41, 5.74) is 1.45. The molecule has 0 aliphatic rings. The van der Waals surface area contributed by atoms with Gasteiger partial charge in [-0.3, -0.25) is 4.79 Å². The van der Waals surface area contributed by atoms with Crippen molar-refractivity contribution in [3.8, 4) is 11.3 Å². The molecule has 3 aromatic rings. The van der Waals surface area contributed by atoms with Crippen LogP contribution in [0.2, 0.25) is 0 Å². The molecule has 26 heavy (non-hydrogen) atoms. The van der Waals surface area contributed by atoms with Gasteiger partial charge >= 0.3 is 0 Å². The third kappa shape index (κ3) is 4.61. The highest BCUT2D eigenvalue weighted by Crippen LogP contribution is 2.22. The van der Waals surface area contributed by atoms with Crippen LogP contribution in [0.25, 0.3) is 11.3 Å². The van der Waals surface area contributed by atoms with Gasteiger partial charge in [0.2, 0.25) is 5.91 Å². The molecule has 0 atom stereocenters. The summed E-state index contributed by atoms with van der Waals surface area (Å²) in [6.07, 6.45) is 1.84. The average molecular weight is 369 g/mol. The molecule has 0 saturated heterocycles. The van der Waals surface area contributed by atoms with E-state index < -0.39 is 9.84 Å². The molecule has 6 heteroatoms. The summed E-state index contributed by atoms with van der Waals surface area (Å²) in [6.45, 7) is 0. The summed E-state index contributed by atoms with van der Waals surface area (Å²) in [7, 11) is -3.31. The average Bonchev–Trinajstić information content (AvgIpc) is 3.09. The fourth-order valence-electron chi connectivity index (χ4n) is 2.53. The molecule has 1 heterocycles. The number of furan rings is 1. The lowest BCUT2D eigenvalue weighted by Gasteiger charge is -2.06. The Morgan fingerprint density at radius 1 is 1.00 bits per heavy atom. The highest BCUT2D eigenvalue weighted by molar-refractivity contribution is 7.90. The first-order valence-corrected chi connectivity index (χ1v) is 10.0. The van der Waals surface area contributed by atoms with Crippen molar-refractivity contribution in [3.63, 3.8) is 0 Å². The Labute approximate surface area is 152 Å². The van der Waals surface area contributed by atoms with Crippen molar-refractivity contribution in [2.24, 2.45) is 0 Å². The van der Waals surface area contributed by atoms with Crippen LogP contribution >= 0.6 is 0 Å². The molecule has 0 spiro atoms. The Hall–Kier alpha value is -2.86. The zero-order valence-corrected chi connectivity index (χ0v) is 15.1. The molecule has 0 fully saturated rings. The number of hydrogen-bond acceptors (Lipinski definition) is 4. The van der Waals surface area contributed by atoms with E-state index in [1.54, 1.807) is 12.1 Å². The Morgan fingerprint density at radius 3 is 2.50 bits per heavy atom. The Bertz CT molecular complexity index is 1010. The van der Waals surface area contributed by atoms with E-state index in [-0.39, 0.29) is 17.2 Å². The number of rotatable bonds is 6. The molecular formula is C20H19NO4S. The van der Waals surface area contributed by atoms with Crippen LogP contribution in [-0.2, 0) is 21.1 Å². The molecule has 1 N–H and O–H groups in total. The number of hydrogen-bond donors (Lipinski definition) is 1. The molecule has 1 aromatic heterocycles. The van der Waals surface area contributed by atoms with E-state index in [9.17, 15) is 13.2 Å². The number of sulfone groups is 1. The first-order chi connectivity index (χ1) is 12.4. The van der Waals surface area contributed by atoms with Gasteiger partial charge in [-0.1, -0.05) is 36.4 Å². The summed E-state index contributed by atoms with van der Waals surface area (Å²) < 4.78 is 28.9. The number of nitrogens with one attached hydrogen (secondary N) is 1. The van der Waals surface area contributed by atoms with E-state index in [2.05, 4.69) is 5.32 Å². The molecule has 134 valence electrons. The molecule has 0 aliphatic carbocycles. The van der Waals surface area contributed by atoms with Crippen LogP contribution in [0.15, 0.2) is 76.0 Å². The highest BCUT2D eigenvalue weighted by atomic mass is 32.2. The van der Waals surface area contributed by atoms with Crippen molar-refractivity contribution in [3.05, 3.63) is 72.5 Å². The van der Waals surface area contributed by atoms with Crippen molar-refractivity contribution in [2.45, 2.75) is 17.7 Å². The summed E-state index contributed by atoms with van der Waals surface area (Å²) in [5, 5.41) is 2.72. The van der Waals surface area contributed by atoms with Gasteiger partial charge in [0.25, 0.3) is 0 Å². The van der Waals surface area contributed by atoms with E-state index in [4.69, 9.17) is 4.42 Å². The lowest BCUT2D eigenvalue weighted by Crippen LogP contribution is -2.12. The molecule has 1 amide bonds.